The molecule has 1 aromatic carbocycles. The molecule has 1 fully saturated rings. The van der Waals surface area contributed by atoms with Crippen LogP contribution in [-0.4, -0.2) is 48.4 Å². The van der Waals surface area contributed by atoms with Gasteiger partial charge in [0.05, 0.1) is 7.11 Å². The lowest BCUT2D eigenvalue weighted by Gasteiger charge is -2.15. The van der Waals surface area contributed by atoms with E-state index >= 15 is 0 Å². The van der Waals surface area contributed by atoms with Gasteiger partial charge in [-0.2, -0.15) is 0 Å². The van der Waals surface area contributed by atoms with E-state index in [0.29, 0.717) is 28.7 Å². The number of thioether (sulfide) groups is 1. The second-order valence-electron chi connectivity index (χ2n) is 4.70. The maximum Gasteiger partial charge on any atom is 0.228 e. The summed E-state index contributed by atoms with van der Waals surface area (Å²) in [5.41, 5.74) is 1.02. The van der Waals surface area contributed by atoms with Crippen LogP contribution < -0.4 is 9.47 Å². The number of thiocarbonyl (C=S) groups is 1. The van der Waals surface area contributed by atoms with Crippen molar-refractivity contribution in [1.82, 2.24) is 4.90 Å². The van der Waals surface area contributed by atoms with E-state index in [2.05, 4.69) is 0 Å². The summed E-state index contributed by atoms with van der Waals surface area (Å²) >= 11 is 6.72. The Kier molecular flexibility index (Phi) is 6.48. The van der Waals surface area contributed by atoms with E-state index in [9.17, 15) is 4.79 Å². The van der Waals surface area contributed by atoms with Gasteiger partial charge in [0, 0.05) is 25.8 Å². The minimum absolute atomic E-state index is 0.0775. The van der Waals surface area contributed by atoms with E-state index in [1.54, 1.807) is 30.9 Å². The average Bonchev–Trinajstić information content (AvgIpc) is 2.97. The summed E-state index contributed by atoms with van der Waals surface area (Å²) in [4.78, 5) is 13.8. The molecule has 22 heavy (non-hydrogen) atoms. The second kappa shape index (κ2) is 8.36. The van der Waals surface area contributed by atoms with Crippen LogP contribution in [0.5, 0.6) is 11.5 Å². The highest BCUT2D eigenvalue weighted by molar-refractivity contribution is 8.23. The van der Waals surface area contributed by atoms with E-state index in [1.807, 2.05) is 18.2 Å². The van der Waals surface area contributed by atoms with Crippen LogP contribution in [0, 0.1) is 0 Å². The molecule has 0 aromatic heterocycles. The first-order chi connectivity index (χ1) is 10.7. The van der Waals surface area contributed by atoms with Crippen LogP contribution in [0.3, 0.4) is 0 Å². The highest BCUT2D eigenvalue weighted by Crippen LogP contribution is 2.28. The number of methoxy groups -OCH3 is 2. The van der Waals surface area contributed by atoms with E-state index in [1.165, 1.54) is 0 Å². The van der Waals surface area contributed by atoms with Gasteiger partial charge in [-0.25, -0.2) is 0 Å². The Labute approximate surface area is 139 Å². The molecule has 0 saturated carbocycles. The molecule has 0 spiro atoms. The predicted octanol–water partition coefficient (Wildman–Crippen LogP) is 2.47. The van der Waals surface area contributed by atoms with Gasteiger partial charge in [0.2, 0.25) is 5.91 Å². The van der Waals surface area contributed by atoms with Crippen LogP contribution in [0.2, 0.25) is 0 Å². The highest BCUT2D eigenvalue weighted by Gasteiger charge is 2.23. The lowest BCUT2D eigenvalue weighted by atomic mass is 10.1. The topological polar surface area (TPSA) is 48.0 Å². The summed E-state index contributed by atoms with van der Waals surface area (Å²) in [5.74, 6) is 2.23. The van der Waals surface area contributed by atoms with Gasteiger partial charge in [-0.1, -0.05) is 30.0 Å². The number of carbonyl (C=O) groups is 1. The molecule has 0 radical (unpaired) electrons. The van der Waals surface area contributed by atoms with Crippen molar-refractivity contribution in [3.8, 4) is 11.5 Å². The standard InChI is InChI=1S/C15H19NO4S2/c1-18-10-20-12-5-3-11(9-13(12)19-2)4-6-14(17)16-7-8-22-15(16)21/h3,5,9H,4,6-8,10H2,1-2H3. The number of nitrogens with zero attached hydrogens (tertiary/aromatic N) is 1. The van der Waals surface area contributed by atoms with Gasteiger partial charge in [-0.3, -0.25) is 9.69 Å². The maximum absolute atomic E-state index is 12.1. The van der Waals surface area contributed by atoms with Gasteiger partial charge in [0.1, 0.15) is 4.32 Å². The third-order valence-electron chi connectivity index (χ3n) is 3.25. The Morgan fingerprint density at radius 2 is 2.18 bits per heavy atom. The minimum Gasteiger partial charge on any atom is -0.493 e. The van der Waals surface area contributed by atoms with Gasteiger partial charge < -0.3 is 14.2 Å². The van der Waals surface area contributed by atoms with Crippen molar-refractivity contribution in [3.63, 3.8) is 0 Å². The molecule has 0 N–H and O–H groups in total. The zero-order valence-electron chi connectivity index (χ0n) is 12.7. The first-order valence-electron chi connectivity index (χ1n) is 6.91. The maximum atomic E-state index is 12.1. The predicted molar refractivity (Wildman–Crippen MR) is 90.6 cm³/mol. The fraction of sp³-hybridized carbons (Fsp3) is 0.467. The lowest BCUT2D eigenvalue weighted by molar-refractivity contribution is -0.126. The van der Waals surface area contributed by atoms with Crippen molar-refractivity contribution in [1.29, 1.82) is 0 Å². The Morgan fingerprint density at radius 3 is 2.82 bits per heavy atom. The first kappa shape index (κ1) is 17.1. The molecular formula is C15H19NO4S2. The molecule has 1 saturated heterocycles. The smallest absolute Gasteiger partial charge is 0.228 e. The molecule has 5 nitrogen and oxygen atoms in total. The van der Waals surface area contributed by atoms with Crippen molar-refractivity contribution in [2.75, 3.05) is 33.3 Å². The SMILES string of the molecule is COCOc1ccc(CCC(=O)N2CCSC2=S)cc1OC. The monoisotopic (exact) mass is 341 g/mol. The third-order valence-corrected chi connectivity index (χ3v) is 4.68. The number of amides is 1. The number of hydrogen-bond donors (Lipinski definition) is 0. The first-order valence-corrected chi connectivity index (χ1v) is 8.31. The minimum atomic E-state index is 0.0775. The number of carbonyl (C=O) groups excluding carboxylic acids is 1. The fourth-order valence-corrected chi connectivity index (χ4v) is 3.36. The summed E-state index contributed by atoms with van der Waals surface area (Å²) < 4.78 is 16.3. The molecule has 120 valence electrons. The van der Waals surface area contributed by atoms with Gasteiger partial charge in [0.15, 0.2) is 18.3 Å². The molecule has 7 heteroatoms. The summed E-state index contributed by atoms with van der Waals surface area (Å²) in [5, 5.41) is 0. The van der Waals surface area contributed by atoms with Crippen LogP contribution in [-0.2, 0) is 16.0 Å². The van der Waals surface area contributed by atoms with Crippen LogP contribution in [0.1, 0.15) is 12.0 Å². The Bertz CT molecular complexity index is 550. The molecule has 1 aromatic rings. The average molecular weight is 341 g/mol. The van der Waals surface area contributed by atoms with Crippen molar-refractivity contribution in [2.24, 2.45) is 0 Å². The number of aryl methyl sites for hydroxylation is 1. The van der Waals surface area contributed by atoms with Crippen molar-refractivity contribution >= 4 is 34.2 Å². The Morgan fingerprint density at radius 1 is 1.36 bits per heavy atom. The molecule has 1 aliphatic rings. The van der Waals surface area contributed by atoms with Crippen molar-refractivity contribution in [3.05, 3.63) is 23.8 Å². The van der Waals surface area contributed by atoms with E-state index in [-0.39, 0.29) is 12.7 Å². The zero-order valence-corrected chi connectivity index (χ0v) is 14.3. The lowest BCUT2D eigenvalue weighted by Crippen LogP contribution is -2.30. The number of benzene rings is 1. The van der Waals surface area contributed by atoms with Crippen molar-refractivity contribution < 1.29 is 19.0 Å². The second-order valence-corrected chi connectivity index (χ2v) is 6.42. The van der Waals surface area contributed by atoms with Crippen LogP contribution in [0.15, 0.2) is 18.2 Å². The molecule has 0 bridgehead atoms. The number of ether oxygens (including phenoxy) is 3. The number of rotatable bonds is 7. The summed E-state index contributed by atoms with van der Waals surface area (Å²) in [7, 11) is 3.15. The molecule has 0 unspecified atom stereocenters. The quantitative estimate of drug-likeness (QED) is 0.561. The van der Waals surface area contributed by atoms with E-state index in [4.69, 9.17) is 26.4 Å². The summed E-state index contributed by atoms with van der Waals surface area (Å²) in [6, 6.07) is 5.64. The van der Waals surface area contributed by atoms with E-state index < -0.39 is 0 Å². The fourth-order valence-electron chi connectivity index (χ4n) is 2.12. The Balaban J connectivity index is 1.95. The van der Waals surface area contributed by atoms with Crippen LogP contribution >= 0.6 is 24.0 Å². The number of hydrogen-bond acceptors (Lipinski definition) is 6. The summed E-state index contributed by atoms with van der Waals surface area (Å²) in [6.07, 6.45) is 1.08. The van der Waals surface area contributed by atoms with E-state index in [0.717, 1.165) is 17.9 Å². The normalized spacial score (nSPS) is 14.3. The zero-order chi connectivity index (χ0) is 15.9. The molecule has 1 amide bonds. The molecule has 2 rings (SSSR count). The third kappa shape index (κ3) is 4.34. The molecule has 1 aliphatic heterocycles. The van der Waals surface area contributed by atoms with Gasteiger partial charge >= 0.3 is 0 Å². The van der Waals surface area contributed by atoms with Crippen LogP contribution in [0.25, 0.3) is 0 Å². The molecule has 0 atom stereocenters. The van der Waals surface area contributed by atoms with Gasteiger partial charge in [0.25, 0.3) is 0 Å². The highest BCUT2D eigenvalue weighted by atomic mass is 32.2. The van der Waals surface area contributed by atoms with Gasteiger partial charge in [-0.05, 0) is 24.1 Å². The van der Waals surface area contributed by atoms with Gasteiger partial charge in [-0.15, -0.1) is 0 Å². The molecule has 0 aliphatic carbocycles. The Hall–Kier alpha value is -1.31. The van der Waals surface area contributed by atoms with Crippen LogP contribution in [0.4, 0.5) is 0 Å². The summed E-state index contributed by atoms with van der Waals surface area (Å²) in [6.45, 7) is 0.883. The van der Waals surface area contributed by atoms with Crippen molar-refractivity contribution in [2.45, 2.75) is 12.8 Å². The molecular weight excluding hydrogens is 322 g/mol. The largest absolute Gasteiger partial charge is 0.493 e. The molecule has 1 heterocycles.